The topological polar surface area (TPSA) is 92.3 Å². The minimum absolute atomic E-state index is 0.179. The van der Waals surface area contributed by atoms with Gasteiger partial charge in [-0.3, -0.25) is 0 Å². The number of nitrogen functional groups attached to an aromatic ring is 1. The number of nitrogens with zero attached hydrogens (tertiary/aromatic N) is 3. The highest BCUT2D eigenvalue weighted by Gasteiger charge is 2.12. The van der Waals surface area contributed by atoms with Crippen LogP contribution in [0.25, 0.3) is 0 Å². The van der Waals surface area contributed by atoms with Crippen LogP contribution >= 0.6 is 0 Å². The Morgan fingerprint density at radius 1 is 1.35 bits per heavy atom. The normalized spacial score (nSPS) is 10.2. The summed E-state index contributed by atoms with van der Waals surface area (Å²) in [6, 6.07) is 6.48. The number of hydrogen-bond acceptors (Lipinski definition) is 5. The number of benzene rings is 1. The first-order valence-corrected chi connectivity index (χ1v) is 6.25. The molecule has 1 heterocycles. The number of anilines is 2. The van der Waals surface area contributed by atoms with Crippen LogP contribution in [0.4, 0.5) is 11.4 Å². The lowest BCUT2D eigenvalue weighted by Gasteiger charge is -2.23. The molecule has 0 unspecified atom stereocenters. The van der Waals surface area contributed by atoms with Gasteiger partial charge < -0.3 is 15.7 Å². The largest absolute Gasteiger partial charge is 0.478 e. The molecule has 2 aromatic rings. The van der Waals surface area contributed by atoms with Crippen molar-refractivity contribution in [3.05, 3.63) is 48.0 Å². The number of aromatic carboxylic acids is 1. The highest BCUT2D eigenvalue weighted by Crippen LogP contribution is 2.25. The van der Waals surface area contributed by atoms with Crippen LogP contribution in [0, 0.1) is 0 Å². The standard InChI is InChI=1S/C14H16N4O2/c1-2-18(9-13-16-6-3-7-17-13)12-5-4-10(14(19)20)8-11(12)15/h3-8H,2,9,15H2,1H3,(H,19,20). The molecule has 0 atom stereocenters. The van der Waals surface area contributed by atoms with Gasteiger partial charge in [-0.25, -0.2) is 14.8 Å². The zero-order chi connectivity index (χ0) is 14.5. The molecular formula is C14H16N4O2. The van der Waals surface area contributed by atoms with Gasteiger partial charge in [0.15, 0.2) is 0 Å². The summed E-state index contributed by atoms with van der Waals surface area (Å²) in [4.78, 5) is 21.3. The molecule has 1 aromatic heterocycles. The van der Waals surface area contributed by atoms with Gasteiger partial charge in [0.2, 0.25) is 0 Å². The molecule has 104 valence electrons. The fraction of sp³-hybridized carbons (Fsp3) is 0.214. The molecule has 0 amide bonds. The Bertz CT molecular complexity index is 601. The first-order chi connectivity index (χ1) is 9.61. The van der Waals surface area contributed by atoms with Crippen molar-refractivity contribution in [2.45, 2.75) is 13.5 Å². The molecule has 6 nitrogen and oxygen atoms in total. The van der Waals surface area contributed by atoms with Crippen LogP contribution in [-0.4, -0.2) is 27.6 Å². The zero-order valence-corrected chi connectivity index (χ0v) is 11.2. The predicted octanol–water partition coefficient (Wildman–Crippen LogP) is 1.78. The molecule has 2 rings (SSSR count). The van der Waals surface area contributed by atoms with E-state index in [1.807, 2.05) is 11.8 Å². The summed E-state index contributed by atoms with van der Waals surface area (Å²) in [6.07, 6.45) is 3.38. The lowest BCUT2D eigenvalue weighted by atomic mass is 10.1. The van der Waals surface area contributed by atoms with Gasteiger partial charge in [-0.05, 0) is 31.2 Å². The first kappa shape index (κ1) is 13.8. The molecule has 0 radical (unpaired) electrons. The van der Waals surface area contributed by atoms with Crippen molar-refractivity contribution in [1.29, 1.82) is 0 Å². The molecule has 0 spiro atoms. The van der Waals surface area contributed by atoms with E-state index in [-0.39, 0.29) is 5.56 Å². The molecule has 0 aliphatic rings. The Morgan fingerprint density at radius 3 is 2.60 bits per heavy atom. The fourth-order valence-corrected chi connectivity index (χ4v) is 1.93. The Kier molecular flexibility index (Phi) is 4.14. The van der Waals surface area contributed by atoms with Crippen LogP contribution in [0.2, 0.25) is 0 Å². The molecule has 3 N–H and O–H groups in total. The maximum absolute atomic E-state index is 10.9. The third-order valence-electron chi connectivity index (χ3n) is 2.95. The van der Waals surface area contributed by atoms with Crippen LogP contribution in [0.3, 0.4) is 0 Å². The molecule has 6 heteroatoms. The zero-order valence-electron chi connectivity index (χ0n) is 11.2. The molecule has 0 aliphatic heterocycles. The Hall–Kier alpha value is -2.63. The molecule has 0 bridgehead atoms. The second-order valence-electron chi connectivity index (χ2n) is 4.26. The van der Waals surface area contributed by atoms with E-state index in [0.29, 0.717) is 18.1 Å². The van der Waals surface area contributed by atoms with E-state index in [2.05, 4.69) is 9.97 Å². The summed E-state index contributed by atoms with van der Waals surface area (Å²) < 4.78 is 0. The van der Waals surface area contributed by atoms with Crippen molar-refractivity contribution >= 4 is 17.3 Å². The summed E-state index contributed by atoms with van der Waals surface area (Å²) in [5.41, 5.74) is 7.34. The number of carbonyl (C=O) groups is 1. The van der Waals surface area contributed by atoms with Crippen molar-refractivity contribution in [1.82, 2.24) is 9.97 Å². The minimum atomic E-state index is -0.988. The van der Waals surface area contributed by atoms with Crippen LogP contribution in [0.5, 0.6) is 0 Å². The van der Waals surface area contributed by atoms with Crippen LogP contribution in [-0.2, 0) is 6.54 Å². The quantitative estimate of drug-likeness (QED) is 0.806. The summed E-state index contributed by atoms with van der Waals surface area (Å²) in [7, 11) is 0. The van der Waals surface area contributed by atoms with Crippen molar-refractivity contribution in [3.63, 3.8) is 0 Å². The van der Waals surface area contributed by atoms with Gasteiger partial charge in [-0.15, -0.1) is 0 Å². The number of carboxylic acids is 1. The number of rotatable bonds is 5. The summed E-state index contributed by atoms with van der Waals surface area (Å²) in [5.74, 6) is -0.297. The second-order valence-corrected chi connectivity index (χ2v) is 4.26. The highest BCUT2D eigenvalue weighted by molar-refractivity contribution is 5.90. The van der Waals surface area contributed by atoms with Gasteiger partial charge in [-0.1, -0.05) is 0 Å². The Morgan fingerprint density at radius 2 is 2.05 bits per heavy atom. The van der Waals surface area contributed by atoms with Gasteiger partial charge in [0.25, 0.3) is 0 Å². The van der Waals surface area contributed by atoms with E-state index in [9.17, 15) is 4.79 Å². The average Bonchev–Trinajstić information content (AvgIpc) is 2.46. The number of aromatic nitrogens is 2. The summed E-state index contributed by atoms with van der Waals surface area (Å²) >= 11 is 0. The molecule has 0 fully saturated rings. The maximum Gasteiger partial charge on any atom is 0.335 e. The molecule has 0 saturated heterocycles. The third kappa shape index (κ3) is 3.03. The summed E-state index contributed by atoms with van der Waals surface area (Å²) in [6.45, 7) is 3.23. The monoisotopic (exact) mass is 272 g/mol. The van der Waals surface area contributed by atoms with Crippen LogP contribution < -0.4 is 10.6 Å². The van der Waals surface area contributed by atoms with Crippen molar-refractivity contribution in [2.24, 2.45) is 0 Å². The van der Waals surface area contributed by atoms with Gasteiger partial charge in [-0.2, -0.15) is 0 Å². The molecule has 0 saturated carbocycles. The SMILES string of the molecule is CCN(Cc1ncccn1)c1ccc(C(=O)O)cc1N. The smallest absolute Gasteiger partial charge is 0.335 e. The third-order valence-corrected chi connectivity index (χ3v) is 2.95. The van der Waals surface area contributed by atoms with Crippen molar-refractivity contribution in [2.75, 3.05) is 17.2 Å². The molecule has 0 aliphatic carbocycles. The number of carboxylic acid groups (broad SMARTS) is 1. The Balaban J connectivity index is 2.26. The number of hydrogen-bond donors (Lipinski definition) is 2. The number of nitrogens with two attached hydrogens (primary N) is 1. The first-order valence-electron chi connectivity index (χ1n) is 6.25. The minimum Gasteiger partial charge on any atom is -0.478 e. The van der Waals surface area contributed by atoms with Crippen LogP contribution in [0.1, 0.15) is 23.1 Å². The van der Waals surface area contributed by atoms with E-state index < -0.39 is 5.97 Å². The lowest BCUT2D eigenvalue weighted by Crippen LogP contribution is -2.24. The predicted molar refractivity (Wildman–Crippen MR) is 76.6 cm³/mol. The van der Waals surface area contributed by atoms with Crippen LogP contribution in [0.15, 0.2) is 36.7 Å². The van der Waals surface area contributed by atoms with Gasteiger partial charge >= 0.3 is 5.97 Å². The van der Waals surface area contributed by atoms with Crippen molar-refractivity contribution < 1.29 is 9.90 Å². The van der Waals surface area contributed by atoms with E-state index in [1.54, 1.807) is 30.6 Å². The van der Waals surface area contributed by atoms with Crippen molar-refractivity contribution in [3.8, 4) is 0 Å². The van der Waals surface area contributed by atoms with E-state index >= 15 is 0 Å². The lowest BCUT2D eigenvalue weighted by molar-refractivity contribution is 0.0697. The summed E-state index contributed by atoms with van der Waals surface area (Å²) in [5, 5.41) is 8.94. The van der Waals surface area contributed by atoms with Gasteiger partial charge in [0, 0.05) is 18.9 Å². The molecule has 20 heavy (non-hydrogen) atoms. The molecular weight excluding hydrogens is 256 g/mol. The maximum atomic E-state index is 10.9. The Labute approximate surface area is 116 Å². The van der Waals surface area contributed by atoms with Gasteiger partial charge in [0.1, 0.15) is 5.82 Å². The second kappa shape index (κ2) is 6.01. The molecule has 1 aromatic carbocycles. The van der Waals surface area contributed by atoms with E-state index in [4.69, 9.17) is 10.8 Å². The van der Waals surface area contributed by atoms with E-state index in [1.165, 1.54) is 6.07 Å². The van der Waals surface area contributed by atoms with E-state index in [0.717, 1.165) is 12.2 Å². The average molecular weight is 272 g/mol. The fourth-order valence-electron chi connectivity index (χ4n) is 1.93. The van der Waals surface area contributed by atoms with Gasteiger partial charge in [0.05, 0.1) is 23.5 Å². The highest BCUT2D eigenvalue weighted by atomic mass is 16.4.